The number of carboxylic acid groups (broad SMARTS) is 1. The number of hydrogen-bond acceptors (Lipinski definition) is 5. The lowest BCUT2D eigenvalue weighted by Gasteiger charge is -2.35. The fourth-order valence-electron chi connectivity index (χ4n) is 3.64. The maximum absolute atomic E-state index is 12.0. The Morgan fingerprint density at radius 1 is 1.37 bits per heavy atom. The number of aryl methyl sites for hydroxylation is 1. The summed E-state index contributed by atoms with van der Waals surface area (Å²) in [6.07, 6.45) is -1.50. The van der Waals surface area contributed by atoms with Crippen molar-refractivity contribution in [1.29, 1.82) is 0 Å². The summed E-state index contributed by atoms with van der Waals surface area (Å²) in [5, 5.41) is 13.8. The molecule has 2 aliphatic rings. The number of aromatic nitrogens is 2. The van der Waals surface area contributed by atoms with Crippen molar-refractivity contribution < 1.29 is 27.9 Å². The van der Waals surface area contributed by atoms with Gasteiger partial charge in [0.1, 0.15) is 0 Å². The third-order valence-electron chi connectivity index (χ3n) is 5.13. The van der Waals surface area contributed by atoms with E-state index < -0.39 is 12.1 Å². The van der Waals surface area contributed by atoms with Gasteiger partial charge in [0.2, 0.25) is 5.91 Å². The van der Waals surface area contributed by atoms with Crippen molar-refractivity contribution in [3.63, 3.8) is 0 Å². The molecule has 0 radical (unpaired) electrons. The molecule has 30 heavy (non-hydrogen) atoms. The molecule has 0 spiro atoms. The maximum atomic E-state index is 12.0. The molecule has 2 aromatic heterocycles. The van der Waals surface area contributed by atoms with E-state index >= 15 is 0 Å². The standard InChI is InChI=1S/C17H22N4OS.C2HF3O2/c1-13-5-8-23-16(13)12-19-9-14-4-6-18-21(14)15(10-19)11-20-7-2-3-17(20)22;3-2(4,5)1(6)7/h4-6,8,15H,2-3,7,9-12H2,1H3;(H,6,7). The Labute approximate surface area is 175 Å². The van der Waals surface area contributed by atoms with Gasteiger partial charge in [0.15, 0.2) is 0 Å². The Balaban J connectivity index is 0.000000318. The van der Waals surface area contributed by atoms with Gasteiger partial charge >= 0.3 is 12.1 Å². The molecule has 2 aromatic rings. The molecule has 11 heteroatoms. The van der Waals surface area contributed by atoms with E-state index in [4.69, 9.17) is 9.90 Å². The maximum Gasteiger partial charge on any atom is 0.490 e. The second-order valence-electron chi connectivity index (χ2n) is 7.36. The molecule has 1 amide bonds. The van der Waals surface area contributed by atoms with Gasteiger partial charge in [-0.15, -0.1) is 11.3 Å². The molecule has 0 bridgehead atoms. The van der Waals surface area contributed by atoms with Crippen LogP contribution in [0.2, 0.25) is 0 Å². The molecule has 1 fully saturated rings. The highest BCUT2D eigenvalue weighted by Crippen LogP contribution is 2.26. The summed E-state index contributed by atoms with van der Waals surface area (Å²) in [6, 6.07) is 4.55. The molecular formula is C19H23F3N4O3S. The third-order valence-corrected chi connectivity index (χ3v) is 6.14. The van der Waals surface area contributed by atoms with E-state index in [2.05, 4.69) is 39.1 Å². The van der Waals surface area contributed by atoms with Crippen LogP contribution in [0.4, 0.5) is 13.2 Å². The van der Waals surface area contributed by atoms with Crippen LogP contribution in [-0.2, 0) is 22.7 Å². The zero-order valence-corrected chi connectivity index (χ0v) is 17.2. The molecule has 0 aliphatic carbocycles. The number of rotatable bonds is 4. The molecule has 4 heterocycles. The highest BCUT2D eigenvalue weighted by molar-refractivity contribution is 7.10. The van der Waals surface area contributed by atoms with E-state index in [9.17, 15) is 18.0 Å². The summed E-state index contributed by atoms with van der Waals surface area (Å²) in [4.78, 5) is 26.8. The number of carboxylic acids is 1. The predicted octanol–water partition coefficient (Wildman–Crippen LogP) is 3.07. The van der Waals surface area contributed by atoms with E-state index in [0.29, 0.717) is 12.3 Å². The topological polar surface area (TPSA) is 78.7 Å². The van der Waals surface area contributed by atoms with Crippen LogP contribution in [0.25, 0.3) is 0 Å². The molecule has 1 unspecified atom stereocenters. The number of halogens is 3. The van der Waals surface area contributed by atoms with Crippen LogP contribution in [-0.4, -0.2) is 62.4 Å². The Hall–Kier alpha value is -2.40. The fourth-order valence-corrected chi connectivity index (χ4v) is 4.59. The van der Waals surface area contributed by atoms with Crippen molar-refractivity contribution in [2.45, 2.75) is 45.1 Å². The van der Waals surface area contributed by atoms with Crippen molar-refractivity contribution in [2.24, 2.45) is 0 Å². The van der Waals surface area contributed by atoms with Crippen molar-refractivity contribution in [3.8, 4) is 0 Å². The SMILES string of the molecule is Cc1ccsc1CN1Cc2ccnn2C(CN2CCCC2=O)C1.O=C(O)C(F)(F)F. The van der Waals surface area contributed by atoms with Gasteiger partial charge in [-0.05, 0) is 36.4 Å². The Morgan fingerprint density at radius 3 is 2.67 bits per heavy atom. The summed E-state index contributed by atoms with van der Waals surface area (Å²) in [5.74, 6) is -2.46. The zero-order valence-electron chi connectivity index (χ0n) is 16.4. The van der Waals surface area contributed by atoms with Gasteiger partial charge in [-0.2, -0.15) is 18.3 Å². The molecule has 4 rings (SSSR count). The van der Waals surface area contributed by atoms with E-state index in [0.717, 1.165) is 39.1 Å². The third kappa shape index (κ3) is 5.39. The van der Waals surface area contributed by atoms with Crippen LogP contribution >= 0.6 is 11.3 Å². The van der Waals surface area contributed by atoms with Crippen molar-refractivity contribution in [1.82, 2.24) is 19.6 Å². The van der Waals surface area contributed by atoms with Gasteiger partial charge in [0, 0.05) is 50.2 Å². The second-order valence-corrected chi connectivity index (χ2v) is 8.36. The minimum Gasteiger partial charge on any atom is -0.475 e. The molecule has 1 saturated heterocycles. The van der Waals surface area contributed by atoms with E-state index in [1.165, 1.54) is 16.1 Å². The largest absolute Gasteiger partial charge is 0.490 e. The van der Waals surface area contributed by atoms with Crippen LogP contribution in [0.15, 0.2) is 23.7 Å². The van der Waals surface area contributed by atoms with Crippen molar-refractivity contribution >= 4 is 23.2 Å². The van der Waals surface area contributed by atoms with Gasteiger partial charge in [-0.3, -0.25) is 14.4 Å². The highest BCUT2D eigenvalue weighted by Gasteiger charge is 2.38. The predicted molar refractivity (Wildman–Crippen MR) is 104 cm³/mol. The second kappa shape index (κ2) is 9.17. The molecule has 164 valence electrons. The van der Waals surface area contributed by atoms with Crippen LogP contribution in [0.3, 0.4) is 0 Å². The molecule has 1 atom stereocenters. The highest BCUT2D eigenvalue weighted by atomic mass is 32.1. The number of likely N-dealkylation sites (tertiary alicyclic amines) is 1. The normalized spacial score (nSPS) is 19.4. The number of carbonyl (C=O) groups is 2. The number of carbonyl (C=O) groups excluding carboxylic acids is 1. The first kappa shape index (κ1) is 22.3. The van der Waals surface area contributed by atoms with Crippen LogP contribution < -0.4 is 0 Å². The smallest absolute Gasteiger partial charge is 0.475 e. The number of nitrogens with zero attached hydrogens (tertiary/aromatic N) is 4. The van der Waals surface area contributed by atoms with Gasteiger partial charge in [-0.25, -0.2) is 4.79 Å². The summed E-state index contributed by atoms with van der Waals surface area (Å²) in [6.45, 7) is 6.74. The summed E-state index contributed by atoms with van der Waals surface area (Å²) >= 11 is 1.83. The van der Waals surface area contributed by atoms with Crippen molar-refractivity contribution in [3.05, 3.63) is 39.8 Å². The lowest BCUT2D eigenvalue weighted by molar-refractivity contribution is -0.192. The number of thiophene rings is 1. The molecular weight excluding hydrogens is 421 g/mol. The summed E-state index contributed by atoms with van der Waals surface area (Å²) < 4.78 is 33.9. The number of aliphatic carboxylic acids is 1. The van der Waals surface area contributed by atoms with E-state index in [1.54, 1.807) is 0 Å². The quantitative estimate of drug-likeness (QED) is 0.784. The summed E-state index contributed by atoms with van der Waals surface area (Å²) in [5.41, 5.74) is 2.63. The Bertz CT molecular complexity index is 896. The minimum absolute atomic E-state index is 0.260. The monoisotopic (exact) mass is 444 g/mol. The van der Waals surface area contributed by atoms with Crippen LogP contribution in [0.5, 0.6) is 0 Å². The molecule has 2 aliphatic heterocycles. The minimum atomic E-state index is -5.08. The van der Waals surface area contributed by atoms with Crippen LogP contribution in [0, 0.1) is 6.92 Å². The average molecular weight is 444 g/mol. The first-order valence-electron chi connectivity index (χ1n) is 9.50. The molecule has 0 aromatic carbocycles. The summed E-state index contributed by atoms with van der Waals surface area (Å²) in [7, 11) is 0. The first-order valence-corrected chi connectivity index (χ1v) is 10.4. The number of fused-ring (bicyclic) bond motifs is 1. The number of amides is 1. The van der Waals surface area contributed by atoms with E-state index in [-0.39, 0.29) is 6.04 Å². The number of alkyl halides is 3. The first-order chi connectivity index (χ1) is 14.1. The van der Waals surface area contributed by atoms with E-state index in [1.807, 2.05) is 22.4 Å². The molecule has 7 nitrogen and oxygen atoms in total. The lowest BCUT2D eigenvalue weighted by atomic mass is 10.1. The lowest BCUT2D eigenvalue weighted by Crippen LogP contribution is -2.43. The zero-order chi connectivity index (χ0) is 21.9. The van der Waals surface area contributed by atoms with Gasteiger partial charge in [0.05, 0.1) is 11.7 Å². The number of hydrogen-bond donors (Lipinski definition) is 1. The van der Waals surface area contributed by atoms with Crippen LogP contribution in [0.1, 0.15) is 35.0 Å². The molecule has 1 N–H and O–H groups in total. The van der Waals surface area contributed by atoms with Crippen molar-refractivity contribution in [2.75, 3.05) is 19.6 Å². The van der Waals surface area contributed by atoms with Gasteiger partial charge in [-0.1, -0.05) is 0 Å². The Morgan fingerprint density at radius 2 is 2.10 bits per heavy atom. The van der Waals surface area contributed by atoms with Gasteiger partial charge in [0.25, 0.3) is 0 Å². The fraction of sp³-hybridized carbons (Fsp3) is 0.526. The van der Waals surface area contributed by atoms with Gasteiger partial charge < -0.3 is 10.0 Å². The molecule has 0 saturated carbocycles. The Kier molecular flexibility index (Phi) is 6.81. The average Bonchev–Trinajstić information content (AvgIpc) is 3.38.